The molecule has 0 aliphatic carbocycles. The van der Waals surface area contributed by atoms with Crippen LogP contribution in [0, 0.1) is 16.0 Å². The SMILES string of the molecule is C[C@@H](/C=C/CC(=O)N(CCO)Cc1ccccc1)[C@]1(O)C(=O)N(Cc2ccc(N3CCCC3=O)cc2)c2ccc([N+](=O)[O-])cc21. The Morgan fingerprint density at radius 3 is 2.47 bits per heavy atom. The van der Waals surface area contributed by atoms with Crippen LogP contribution in [0.1, 0.15) is 42.9 Å². The first kappa shape index (κ1) is 31.6. The van der Waals surface area contributed by atoms with Gasteiger partial charge in [-0.1, -0.05) is 61.5 Å². The summed E-state index contributed by atoms with van der Waals surface area (Å²) >= 11 is 0. The van der Waals surface area contributed by atoms with Crippen LogP contribution < -0.4 is 9.80 Å². The highest BCUT2D eigenvalue weighted by molar-refractivity contribution is 6.07. The average molecular weight is 613 g/mol. The second-order valence-corrected chi connectivity index (χ2v) is 11.4. The maximum absolute atomic E-state index is 13.9. The Labute approximate surface area is 261 Å². The van der Waals surface area contributed by atoms with Crippen LogP contribution in [0.5, 0.6) is 0 Å². The second-order valence-electron chi connectivity index (χ2n) is 11.4. The molecule has 11 heteroatoms. The fourth-order valence-corrected chi connectivity index (χ4v) is 5.95. The van der Waals surface area contributed by atoms with E-state index in [2.05, 4.69) is 0 Å². The van der Waals surface area contributed by atoms with Crippen molar-refractivity contribution in [3.63, 3.8) is 0 Å². The highest BCUT2D eigenvalue weighted by atomic mass is 16.6. The number of hydrogen-bond donors (Lipinski definition) is 2. The lowest BCUT2D eigenvalue weighted by Crippen LogP contribution is -2.44. The molecular formula is C34H36N4O7. The van der Waals surface area contributed by atoms with Crippen LogP contribution in [-0.4, -0.2) is 57.5 Å². The number of aliphatic hydroxyl groups is 2. The molecule has 0 spiro atoms. The van der Waals surface area contributed by atoms with Crippen molar-refractivity contribution in [3.8, 4) is 0 Å². The molecule has 0 bridgehead atoms. The molecule has 234 valence electrons. The smallest absolute Gasteiger partial charge is 0.269 e. The normalized spacial score (nSPS) is 18.5. The van der Waals surface area contributed by atoms with Gasteiger partial charge in [0.15, 0.2) is 5.60 Å². The van der Waals surface area contributed by atoms with Crippen molar-refractivity contribution in [3.05, 3.63) is 112 Å². The van der Waals surface area contributed by atoms with E-state index in [-0.39, 0.29) is 49.2 Å². The van der Waals surface area contributed by atoms with E-state index in [4.69, 9.17) is 0 Å². The van der Waals surface area contributed by atoms with Gasteiger partial charge in [0.1, 0.15) is 0 Å². The number of carbonyl (C=O) groups excluding carboxylic acids is 3. The summed E-state index contributed by atoms with van der Waals surface area (Å²) in [5.41, 5.74) is 0.557. The first-order valence-corrected chi connectivity index (χ1v) is 14.9. The van der Waals surface area contributed by atoms with Crippen LogP contribution in [0.4, 0.5) is 17.1 Å². The summed E-state index contributed by atoms with van der Waals surface area (Å²) in [6, 6.07) is 20.7. The molecule has 1 saturated heterocycles. The summed E-state index contributed by atoms with van der Waals surface area (Å²) in [6.07, 6.45) is 4.44. The maximum atomic E-state index is 13.9. The van der Waals surface area contributed by atoms with E-state index < -0.39 is 22.3 Å². The molecule has 5 rings (SSSR count). The number of aliphatic hydroxyl groups excluding tert-OH is 1. The number of hydrogen-bond acceptors (Lipinski definition) is 7. The molecule has 45 heavy (non-hydrogen) atoms. The fraction of sp³-hybridized carbons (Fsp3) is 0.324. The summed E-state index contributed by atoms with van der Waals surface area (Å²) < 4.78 is 0. The van der Waals surface area contributed by atoms with Gasteiger partial charge in [0, 0.05) is 61.8 Å². The molecule has 3 amide bonds. The summed E-state index contributed by atoms with van der Waals surface area (Å²) in [5, 5.41) is 33.1. The summed E-state index contributed by atoms with van der Waals surface area (Å²) in [4.78, 5) is 54.8. The predicted molar refractivity (Wildman–Crippen MR) is 168 cm³/mol. The monoisotopic (exact) mass is 612 g/mol. The number of nitro benzene ring substituents is 1. The first-order chi connectivity index (χ1) is 21.6. The minimum Gasteiger partial charge on any atom is -0.395 e. The molecule has 3 aromatic rings. The quantitative estimate of drug-likeness (QED) is 0.178. The summed E-state index contributed by atoms with van der Waals surface area (Å²) in [7, 11) is 0. The lowest BCUT2D eigenvalue weighted by Gasteiger charge is -2.28. The number of carbonyl (C=O) groups is 3. The number of rotatable bonds is 12. The molecule has 0 radical (unpaired) electrons. The van der Waals surface area contributed by atoms with Gasteiger partial charge in [-0.05, 0) is 35.7 Å². The van der Waals surface area contributed by atoms with Gasteiger partial charge in [-0.2, -0.15) is 0 Å². The third-order valence-corrected chi connectivity index (χ3v) is 8.44. The molecule has 0 saturated carbocycles. The fourth-order valence-electron chi connectivity index (χ4n) is 5.95. The Hall–Kier alpha value is -4.87. The maximum Gasteiger partial charge on any atom is 0.269 e. The highest BCUT2D eigenvalue weighted by Gasteiger charge is 2.53. The molecule has 2 atom stereocenters. The number of fused-ring (bicyclic) bond motifs is 1. The Balaban J connectivity index is 1.35. The molecule has 0 aromatic heterocycles. The van der Waals surface area contributed by atoms with Crippen molar-refractivity contribution in [2.75, 3.05) is 29.5 Å². The molecule has 0 unspecified atom stereocenters. The van der Waals surface area contributed by atoms with E-state index in [1.807, 2.05) is 54.6 Å². The second kappa shape index (κ2) is 13.4. The Morgan fingerprint density at radius 1 is 1.09 bits per heavy atom. The third kappa shape index (κ3) is 6.50. The molecule has 1 fully saturated rings. The minimum atomic E-state index is -2.11. The Morgan fingerprint density at radius 2 is 1.82 bits per heavy atom. The van der Waals surface area contributed by atoms with Crippen LogP contribution in [0.25, 0.3) is 0 Å². The van der Waals surface area contributed by atoms with E-state index in [0.29, 0.717) is 25.2 Å². The predicted octanol–water partition coefficient (Wildman–Crippen LogP) is 4.06. The number of non-ortho nitro benzene ring substituents is 1. The van der Waals surface area contributed by atoms with Crippen molar-refractivity contribution in [2.45, 2.75) is 44.9 Å². The van der Waals surface area contributed by atoms with E-state index in [1.165, 1.54) is 28.0 Å². The van der Waals surface area contributed by atoms with E-state index in [0.717, 1.165) is 23.2 Å². The Bertz CT molecular complexity index is 1610. The summed E-state index contributed by atoms with van der Waals surface area (Å²) in [5.74, 6) is -1.64. The topological polar surface area (TPSA) is 145 Å². The van der Waals surface area contributed by atoms with Gasteiger partial charge in [-0.3, -0.25) is 24.5 Å². The van der Waals surface area contributed by atoms with E-state index in [9.17, 15) is 34.7 Å². The largest absolute Gasteiger partial charge is 0.395 e. The molecule has 11 nitrogen and oxygen atoms in total. The van der Waals surface area contributed by atoms with Crippen molar-refractivity contribution in [1.82, 2.24) is 4.90 Å². The van der Waals surface area contributed by atoms with Crippen LogP contribution in [0.3, 0.4) is 0 Å². The lowest BCUT2D eigenvalue weighted by atomic mass is 9.82. The van der Waals surface area contributed by atoms with Crippen LogP contribution in [-0.2, 0) is 33.1 Å². The van der Waals surface area contributed by atoms with Crippen molar-refractivity contribution in [1.29, 1.82) is 0 Å². The average Bonchev–Trinajstić information content (AvgIpc) is 3.56. The standard InChI is InChI=1S/C34H36N4O7/c1-24(7-5-10-31(40)35(19-20-39)22-25-8-3-2-4-9-25)34(43)29-21-28(38(44)45)16-17-30(29)37(33(34)42)23-26-12-14-27(15-13-26)36-18-6-11-32(36)41/h2-5,7-9,12-17,21,24,39,43H,6,10-11,18-20,22-23H2,1H3/b7-5+/t24-,34+/m0/s1. The number of nitro groups is 1. The molecule has 3 aromatic carbocycles. The van der Waals surface area contributed by atoms with Gasteiger partial charge in [-0.15, -0.1) is 0 Å². The van der Waals surface area contributed by atoms with Gasteiger partial charge < -0.3 is 24.9 Å². The minimum absolute atomic E-state index is 0.0289. The zero-order valence-electron chi connectivity index (χ0n) is 25.0. The van der Waals surface area contributed by atoms with Crippen molar-refractivity contribution < 1.29 is 29.5 Å². The first-order valence-electron chi connectivity index (χ1n) is 14.9. The van der Waals surface area contributed by atoms with Gasteiger partial charge >= 0.3 is 0 Å². The number of anilines is 2. The van der Waals surface area contributed by atoms with Crippen LogP contribution >= 0.6 is 0 Å². The molecule has 2 aliphatic heterocycles. The van der Waals surface area contributed by atoms with E-state index >= 15 is 0 Å². The van der Waals surface area contributed by atoms with Gasteiger partial charge in [0.05, 0.1) is 23.8 Å². The van der Waals surface area contributed by atoms with Gasteiger partial charge in [0.25, 0.3) is 11.6 Å². The number of amides is 3. The van der Waals surface area contributed by atoms with Crippen LogP contribution in [0.2, 0.25) is 0 Å². The zero-order valence-corrected chi connectivity index (χ0v) is 25.0. The summed E-state index contributed by atoms with van der Waals surface area (Å²) in [6.45, 7) is 2.67. The van der Waals surface area contributed by atoms with Crippen molar-refractivity contribution >= 4 is 34.8 Å². The molecular weight excluding hydrogens is 576 g/mol. The van der Waals surface area contributed by atoms with Gasteiger partial charge in [0.2, 0.25) is 11.8 Å². The zero-order chi connectivity index (χ0) is 32.1. The molecule has 2 heterocycles. The van der Waals surface area contributed by atoms with E-state index in [1.54, 1.807) is 24.0 Å². The highest BCUT2D eigenvalue weighted by Crippen LogP contribution is 2.47. The number of nitrogens with zero attached hydrogens (tertiary/aromatic N) is 4. The molecule has 2 aliphatic rings. The number of benzene rings is 3. The van der Waals surface area contributed by atoms with Gasteiger partial charge in [-0.25, -0.2) is 0 Å². The Kier molecular flexibility index (Phi) is 9.40. The third-order valence-electron chi connectivity index (χ3n) is 8.44. The van der Waals surface area contributed by atoms with Crippen molar-refractivity contribution in [2.24, 2.45) is 5.92 Å². The molecule has 2 N–H and O–H groups in total. The van der Waals surface area contributed by atoms with Crippen LogP contribution in [0.15, 0.2) is 84.9 Å². The lowest BCUT2D eigenvalue weighted by molar-refractivity contribution is -0.385.